The molecule has 25 heavy (non-hydrogen) atoms. The van der Waals surface area contributed by atoms with E-state index in [4.69, 9.17) is 16.3 Å². The highest BCUT2D eigenvalue weighted by Crippen LogP contribution is 2.31. The highest BCUT2D eigenvalue weighted by atomic mass is 35.5. The van der Waals surface area contributed by atoms with Gasteiger partial charge >= 0.3 is 0 Å². The number of halogens is 1. The molecule has 3 rings (SSSR count). The lowest BCUT2D eigenvalue weighted by Crippen LogP contribution is -2.11. The van der Waals surface area contributed by atoms with E-state index >= 15 is 0 Å². The Balaban J connectivity index is 1.62. The number of nitrogens with zero attached hydrogens (tertiary/aromatic N) is 5. The van der Waals surface area contributed by atoms with E-state index in [1.165, 1.54) is 11.9 Å². The molecule has 0 saturated carbocycles. The summed E-state index contributed by atoms with van der Waals surface area (Å²) in [6.07, 6.45) is 6.61. The van der Waals surface area contributed by atoms with Gasteiger partial charge < -0.3 is 4.74 Å². The molecule has 3 aromatic rings. The third kappa shape index (κ3) is 4.54. The molecule has 0 unspecified atom stereocenters. The Labute approximate surface area is 151 Å². The fraction of sp³-hybridized carbons (Fsp3) is 0.333. The van der Waals surface area contributed by atoms with Gasteiger partial charge in [-0.3, -0.25) is 0 Å². The highest BCUT2D eigenvalue weighted by molar-refractivity contribution is 6.32. The molecule has 130 valence electrons. The zero-order chi connectivity index (χ0) is 17.9. The van der Waals surface area contributed by atoms with Crippen LogP contribution in [0.2, 0.25) is 5.02 Å². The van der Waals surface area contributed by atoms with Crippen LogP contribution in [0.1, 0.15) is 37.7 Å². The van der Waals surface area contributed by atoms with Crippen molar-refractivity contribution in [1.29, 1.82) is 0 Å². The van der Waals surface area contributed by atoms with Crippen LogP contribution in [-0.4, -0.2) is 24.7 Å². The molecule has 2 aromatic heterocycles. The second kappa shape index (κ2) is 7.19. The second-order valence-corrected chi connectivity index (χ2v) is 7.19. The Bertz CT molecular complexity index is 826. The van der Waals surface area contributed by atoms with E-state index in [0.29, 0.717) is 29.7 Å². The third-order valence-electron chi connectivity index (χ3n) is 3.72. The summed E-state index contributed by atoms with van der Waals surface area (Å²) in [6.45, 7) is 7.30. The van der Waals surface area contributed by atoms with Gasteiger partial charge in [-0.05, 0) is 23.1 Å². The first-order chi connectivity index (χ1) is 11.9. The number of ether oxygens (including phenoxy) is 1. The quantitative estimate of drug-likeness (QED) is 0.697. The fourth-order valence-electron chi connectivity index (χ4n) is 2.24. The fourth-order valence-corrected chi connectivity index (χ4v) is 2.48. The topological polar surface area (TPSA) is 65.7 Å². The molecule has 1 aromatic carbocycles. The molecular weight excluding hydrogens is 338 g/mol. The van der Waals surface area contributed by atoms with Crippen LogP contribution in [0, 0.1) is 0 Å². The zero-order valence-electron chi connectivity index (χ0n) is 14.5. The summed E-state index contributed by atoms with van der Waals surface area (Å²) in [5.74, 6) is 1.32. The molecule has 0 radical (unpaired) electrons. The molecule has 0 N–H and O–H groups in total. The van der Waals surface area contributed by atoms with E-state index < -0.39 is 0 Å². The Kier molecular flexibility index (Phi) is 4.99. The molecule has 0 amide bonds. The molecule has 0 aliphatic rings. The summed E-state index contributed by atoms with van der Waals surface area (Å²) in [4.78, 5) is 12.5. The Morgan fingerprint density at radius 3 is 2.52 bits per heavy atom. The maximum Gasteiger partial charge on any atom is 0.149 e. The number of rotatable bonds is 5. The normalized spacial score (nSPS) is 11.5. The molecule has 0 spiro atoms. The molecule has 2 heterocycles. The van der Waals surface area contributed by atoms with Gasteiger partial charge in [0.25, 0.3) is 0 Å². The average molecular weight is 358 g/mol. The maximum atomic E-state index is 6.33. The Morgan fingerprint density at radius 2 is 1.92 bits per heavy atom. The molecule has 0 fully saturated rings. The van der Waals surface area contributed by atoms with E-state index in [-0.39, 0.29) is 5.41 Å². The van der Waals surface area contributed by atoms with Gasteiger partial charge in [-0.1, -0.05) is 38.4 Å². The summed E-state index contributed by atoms with van der Waals surface area (Å²) in [5, 5.41) is 4.64. The van der Waals surface area contributed by atoms with Crippen LogP contribution in [0.4, 0.5) is 0 Å². The highest BCUT2D eigenvalue weighted by Gasteiger charge is 2.15. The first-order valence-corrected chi connectivity index (χ1v) is 8.34. The van der Waals surface area contributed by atoms with Gasteiger partial charge in [0.1, 0.15) is 37.4 Å². The van der Waals surface area contributed by atoms with Gasteiger partial charge in [0, 0.05) is 18.0 Å². The van der Waals surface area contributed by atoms with Crippen LogP contribution in [0.15, 0.2) is 43.2 Å². The van der Waals surface area contributed by atoms with Gasteiger partial charge in [0.2, 0.25) is 0 Å². The molecule has 0 bridgehead atoms. The lowest BCUT2D eigenvalue weighted by molar-refractivity contribution is 0.305. The summed E-state index contributed by atoms with van der Waals surface area (Å²) in [6, 6.07) is 5.90. The lowest BCUT2D eigenvalue weighted by atomic mass is 9.87. The first-order valence-electron chi connectivity index (χ1n) is 7.97. The largest absolute Gasteiger partial charge is 0.487 e. The zero-order valence-corrected chi connectivity index (χ0v) is 15.2. The van der Waals surface area contributed by atoms with Crippen molar-refractivity contribution < 1.29 is 4.74 Å². The summed E-state index contributed by atoms with van der Waals surface area (Å²) in [7, 11) is 0. The van der Waals surface area contributed by atoms with Crippen LogP contribution in [0.5, 0.6) is 5.75 Å². The van der Waals surface area contributed by atoms with Crippen molar-refractivity contribution in [3.63, 3.8) is 0 Å². The number of benzene rings is 1. The monoisotopic (exact) mass is 357 g/mol. The SMILES string of the molecule is CC(C)(C)c1ccc(OCc2cnc(Cn3cncn3)nc2)c(Cl)c1. The van der Waals surface area contributed by atoms with E-state index in [9.17, 15) is 0 Å². The predicted molar refractivity (Wildman–Crippen MR) is 95.6 cm³/mol. The predicted octanol–water partition coefficient (Wildman–Crippen LogP) is 3.65. The Hall–Kier alpha value is -2.47. The van der Waals surface area contributed by atoms with Crippen LogP contribution in [-0.2, 0) is 18.6 Å². The van der Waals surface area contributed by atoms with Gasteiger partial charge in [0.15, 0.2) is 0 Å². The summed E-state index contributed by atoms with van der Waals surface area (Å²) < 4.78 is 7.47. The second-order valence-electron chi connectivity index (χ2n) is 6.78. The first kappa shape index (κ1) is 17.4. The minimum absolute atomic E-state index is 0.0515. The lowest BCUT2D eigenvalue weighted by Gasteiger charge is -2.20. The van der Waals surface area contributed by atoms with E-state index in [2.05, 4.69) is 40.8 Å². The van der Waals surface area contributed by atoms with Crippen LogP contribution in [0.25, 0.3) is 0 Å². The van der Waals surface area contributed by atoms with Crippen LogP contribution >= 0.6 is 11.6 Å². The molecular formula is C18H20ClN5O. The van der Waals surface area contributed by atoms with Gasteiger partial charge in [-0.15, -0.1) is 0 Å². The molecule has 0 aliphatic carbocycles. The van der Waals surface area contributed by atoms with Gasteiger partial charge in [0.05, 0.1) is 5.02 Å². The van der Waals surface area contributed by atoms with E-state index in [1.807, 2.05) is 18.2 Å². The van der Waals surface area contributed by atoms with Crippen molar-refractivity contribution in [1.82, 2.24) is 24.7 Å². The van der Waals surface area contributed by atoms with Crippen molar-refractivity contribution >= 4 is 11.6 Å². The summed E-state index contributed by atoms with van der Waals surface area (Å²) >= 11 is 6.33. The molecule has 0 atom stereocenters. The standard InChI is InChI=1S/C18H20ClN5O/c1-18(2,3)14-4-5-16(15(19)6-14)25-10-13-7-21-17(22-8-13)9-24-12-20-11-23-24/h4-8,11-12H,9-10H2,1-3H3. The molecule has 7 heteroatoms. The summed E-state index contributed by atoms with van der Waals surface area (Å²) in [5.41, 5.74) is 2.10. The number of aromatic nitrogens is 5. The minimum Gasteiger partial charge on any atom is -0.487 e. The van der Waals surface area contributed by atoms with E-state index in [1.54, 1.807) is 23.4 Å². The number of hydrogen-bond acceptors (Lipinski definition) is 5. The molecule has 0 aliphatic heterocycles. The maximum absolute atomic E-state index is 6.33. The van der Waals surface area contributed by atoms with Crippen molar-refractivity contribution in [2.75, 3.05) is 0 Å². The van der Waals surface area contributed by atoms with Crippen molar-refractivity contribution in [2.45, 2.75) is 39.3 Å². The van der Waals surface area contributed by atoms with Crippen LogP contribution < -0.4 is 4.74 Å². The Morgan fingerprint density at radius 1 is 1.16 bits per heavy atom. The minimum atomic E-state index is 0.0515. The van der Waals surface area contributed by atoms with Crippen molar-refractivity contribution in [2.24, 2.45) is 0 Å². The van der Waals surface area contributed by atoms with Crippen molar-refractivity contribution in [3.8, 4) is 5.75 Å². The molecule has 0 saturated heterocycles. The van der Waals surface area contributed by atoms with E-state index in [0.717, 1.165) is 5.56 Å². The van der Waals surface area contributed by atoms with Crippen molar-refractivity contribution in [3.05, 3.63) is 65.2 Å². The third-order valence-corrected chi connectivity index (χ3v) is 4.02. The number of hydrogen-bond donors (Lipinski definition) is 0. The van der Waals surface area contributed by atoms with Gasteiger partial charge in [-0.2, -0.15) is 5.10 Å². The average Bonchev–Trinajstić information content (AvgIpc) is 3.07. The van der Waals surface area contributed by atoms with Crippen LogP contribution in [0.3, 0.4) is 0 Å². The molecule has 6 nitrogen and oxygen atoms in total. The smallest absolute Gasteiger partial charge is 0.149 e. The van der Waals surface area contributed by atoms with Gasteiger partial charge in [-0.25, -0.2) is 19.6 Å².